The standard InChI is InChI=1S/C5H11NS/c1-2-5(6)3-4-7/h2,5,7H,1,3-4,6H2/t5-/m1/s1. The van der Waals surface area contributed by atoms with Crippen LogP contribution in [0.3, 0.4) is 0 Å². The zero-order chi connectivity index (χ0) is 5.70. The molecule has 0 heterocycles. The third kappa shape index (κ3) is 3.89. The molecule has 0 aromatic carbocycles. The van der Waals surface area contributed by atoms with Gasteiger partial charge in [-0.15, -0.1) is 6.58 Å². The van der Waals surface area contributed by atoms with Crippen LogP contribution in [-0.4, -0.2) is 11.8 Å². The van der Waals surface area contributed by atoms with E-state index in [1.54, 1.807) is 6.08 Å². The summed E-state index contributed by atoms with van der Waals surface area (Å²) >= 11 is 3.99. The Morgan fingerprint density at radius 1 is 1.86 bits per heavy atom. The first kappa shape index (κ1) is 7.05. The monoisotopic (exact) mass is 117 g/mol. The van der Waals surface area contributed by atoms with E-state index in [0.717, 1.165) is 12.2 Å². The molecule has 0 saturated heterocycles. The average Bonchev–Trinajstić information content (AvgIpc) is 1.68. The van der Waals surface area contributed by atoms with Gasteiger partial charge in [-0.1, -0.05) is 6.08 Å². The zero-order valence-electron chi connectivity index (χ0n) is 4.30. The Bertz CT molecular complexity index is 54.0. The van der Waals surface area contributed by atoms with E-state index in [1.165, 1.54) is 0 Å². The zero-order valence-corrected chi connectivity index (χ0v) is 5.20. The Morgan fingerprint density at radius 2 is 2.43 bits per heavy atom. The summed E-state index contributed by atoms with van der Waals surface area (Å²) in [6.45, 7) is 3.52. The van der Waals surface area contributed by atoms with Crippen LogP contribution >= 0.6 is 12.6 Å². The molecule has 0 radical (unpaired) electrons. The molecule has 0 rings (SSSR count). The van der Waals surface area contributed by atoms with Gasteiger partial charge in [0.05, 0.1) is 0 Å². The van der Waals surface area contributed by atoms with Gasteiger partial charge in [0.2, 0.25) is 0 Å². The quantitative estimate of drug-likeness (QED) is 0.415. The molecule has 0 bridgehead atoms. The maximum absolute atomic E-state index is 5.42. The number of nitrogens with two attached hydrogens (primary N) is 1. The van der Waals surface area contributed by atoms with Crippen molar-refractivity contribution in [3.63, 3.8) is 0 Å². The molecule has 0 amide bonds. The van der Waals surface area contributed by atoms with Gasteiger partial charge in [-0.05, 0) is 12.2 Å². The van der Waals surface area contributed by atoms with Gasteiger partial charge < -0.3 is 5.73 Å². The van der Waals surface area contributed by atoms with Crippen molar-refractivity contribution >= 4 is 12.6 Å². The van der Waals surface area contributed by atoms with Gasteiger partial charge in [0.25, 0.3) is 0 Å². The highest BCUT2D eigenvalue weighted by atomic mass is 32.1. The molecule has 0 unspecified atom stereocenters. The summed E-state index contributed by atoms with van der Waals surface area (Å²) in [7, 11) is 0. The van der Waals surface area contributed by atoms with Crippen molar-refractivity contribution in [2.45, 2.75) is 12.5 Å². The molecule has 0 spiro atoms. The van der Waals surface area contributed by atoms with Crippen molar-refractivity contribution < 1.29 is 0 Å². The molecule has 0 aliphatic heterocycles. The lowest BCUT2D eigenvalue weighted by Crippen LogP contribution is -2.16. The van der Waals surface area contributed by atoms with Crippen molar-refractivity contribution in [2.75, 3.05) is 5.75 Å². The second kappa shape index (κ2) is 4.22. The molecule has 0 aromatic rings. The van der Waals surface area contributed by atoms with Crippen LogP contribution in [0.25, 0.3) is 0 Å². The Balaban J connectivity index is 2.98. The van der Waals surface area contributed by atoms with E-state index in [-0.39, 0.29) is 6.04 Å². The van der Waals surface area contributed by atoms with Crippen LogP contribution in [-0.2, 0) is 0 Å². The molecule has 0 saturated carbocycles. The Hall–Kier alpha value is 0.0500. The van der Waals surface area contributed by atoms with Crippen LogP contribution in [0, 0.1) is 0 Å². The van der Waals surface area contributed by atoms with E-state index < -0.39 is 0 Å². The lowest BCUT2D eigenvalue weighted by molar-refractivity contribution is 0.794. The van der Waals surface area contributed by atoms with Crippen LogP contribution in [0.5, 0.6) is 0 Å². The first-order chi connectivity index (χ1) is 3.31. The number of rotatable bonds is 3. The van der Waals surface area contributed by atoms with Gasteiger partial charge in [-0.2, -0.15) is 12.6 Å². The maximum atomic E-state index is 5.42. The van der Waals surface area contributed by atoms with Gasteiger partial charge in [0.1, 0.15) is 0 Å². The highest BCUT2D eigenvalue weighted by Gasteiger charge is 1.89. The second-order valence-corrected chi connectivity index (χ2v) is 1.86. The van der Waals surface area contributed by atoms with Crippen LogP contribution < -0.4 is 5.73 Å². The number of hydrogen-bond donors (Lipinski definition) is 2. The summed E-state index contributed by atoms with van der Waals surface area (Å²) in [5.41, 5.74) is 5.42. The van der Waals surface area contributed by atoms with Crippen LogP contribution in [0.1, 0.15) is 6.42 Å². The molecule has 1 nitrogen and oxygen atoms in total. The van der Waals surface area contributed by atoms with Crippen LogP contribution in [0.4, 0.5) is 0 Å². The highest BCUT2D eigenvalue weighted by molar-refractivity contribution is 7.80. The highest BCUT2D eigenvalue weighted by Crippen LogP contribution is 1.89. The molecule has 2 heteroatoms. The molecule has 1 atom stereocenters. The van der Waals surface area contributed by atoms with E-state index >= 15 is 0 Å². The minimum Gasteiger partial charge on any atom is -0.324 e. The summed E-state index contributed by atoms with van der Waals surface area (Å²) in [6.07, 6.45) is 2.66. The first-order valence-corrected chi connectivity index (χ1v) is 2.93. The fraction of sp³-hybridized carbons (Fsp3) is 0.600. The number of thiol groups is 1. The third-order valence-electron chi connectivity index (χ3n) is 0.765. The summed E-state index contributed by atoms with van der Waals surface area (Å²) in [5, 5.41) is 0. The Kier molecular flexibility index (Phi) is 4.25. The van der Waals surface area contributed by atoms with Gasteiger partial charge >= 0.3 is 0 Å². The topological polar surface area (TPSA) is 26.0 Å². The molecule has 0 aliphatic carbocycles. The summed E-state index contributed by atoms with van der Waals surface area (Å²) < 4.78 is 0. The lowest BCUT2D eigenvalue weighted by Gasteiger charge is -1.98. The van der Waals surface area contributed by atoms with Gasteiger partial charge in [-0.25, -0.2) is 0 Å². The third-order valence-corrected chi connectivity index (χ3v) is 1.02. The minimum absolute atomic E-state index is 0.137. The molecular weight excluding hydrogens is 106 g/mol. The predicted octanol–water partition coefficient (Wildman–Crippen LogP) is 0.820. The summed E-state index contributed by atoms with van der Waals surface area (Å²) in [6, 6.07) is 0.137. The predicted molar refractivity (Wildman–Crippen MR) is 36.6 cm³/mol. The van der Waals surface area contributed by atoms with Crippen molar-refractivity contribution in [3.05, 3.63) is 12.7 Å². The van der Waals surface area contributed by atoms with Crippen LogP contribution in [0.2, 0.25) is 0 Å². The first-order valence-electron chi connectivity index (χ1n) is 2.30. The fourth-order valence-corrected chi connectivity index (χ4v) is 0.565. The molecule has 0 fully saturated rings. The van der Waals surface area contributed by atoms with E-state index in [2.05, 4.69) is 19.2 Å². The van der Waals surface area contributed by atoms with Gasteiger partial charge in [0, 0.05) is 6.04 Å². The average molecular weight is 117 g/mol. The number of hydrogen-bond acceptors (Lipinski definition) is 2. The van der Waals surface area contributed by atoms with Gasteiger partial charge in [0.15, 0.2) is 0 Å². The summed E-state index contributed by atoms with van der Waals surface area (Å²) in [4.78, 5) is 0. The Morgan fingerprint density at radius 3 is 2.57 bits per heavy atom. The Labute approximate surface area is 50.0 Å². The molecule has 42 valence electrons. The van der Waals surface area contributed by atoms with Crippen molar-refractivity contribution in [1.82, 2.24) is 0 Å². The second-order valence-electron chi connectivity index (χ2n) is 1.41. The lowest BCUT2D eigenvalue weighted by atomic mass is 10.2. The van der Waals surface area contributed by atoms with Crippen molar-refractivity contribution in [3.8, 4) is 0 Å². The molecule has 2 N–H and O–H groups in total. The fourth-order valence-electron chi connectivity index (χ4n) is 0.267. The summed E-state index contributed by atoms with van der Waals surface area (Å²) in [5.74, 6) is 0.840. The van der Waals surface area contributed by atoms with E-state index in [0.29, 0.717) is 0 Å². The van der Waals surface area contributed by atoms with Crippen molar-refractivity contribution in [2.24, 2.45) is 5.73 Å². The normalized spacial score (nSPS) is 13.4. The molecule has 0 aromatic heterocycles. The molecular formula is C5H11NS. The van der Waals surface area contributed by atoms with Crippen molar-refractivity contribution in [1.29, 1.82) is 0 Å². The van der Waals surface area contributed by atoms with E-state index in [1.807, 2.05) is 0 Å². The van der Waals surface area contributed by atoms with E-state index in [4.69, 9.17) is 5.73 Å². The molecule has 7 heavy (non-hydrogen) atoms. The van der Waals surface area contributed by atoms with Gasteiger partial charge in [-0.3, -0.25) is 0 Å². The largest absolute Gasteiger partial charge is 0.324 e. The van der Waals surface area contributed by atoms with E-state index in [9.17, 15) is 0 Å². The minimum atomic E-state index is 0.137. The molecule has 0 aliphatic rings. The SMILES string of the molecule is C=C[C@@H](N)CCS. The maximum Gasteiger partial charge on any atom is 0.0228 e. The smallest absolute Gasteiger partial charge is 0.0228 e. The van der Waals surface area contributed by atoms with Crippen LogP contribution in [0.15, 0.2) is 12.7 Å².